The van der Waals surface area contributed by atoms with Gasteiger partial charge in [-0.2, -0.15) is 4.98 Å². The number of aromatic nitrogens is 4. The highest BCUT2D eigenvalue weighted by atomic mass is 32.2. The lowest BCUT2D eigenvalue weighted by Gasteiger charge is -2.34. The molecule has 164 valence electrons. The third-order valence-corrected chi connectivity index (χ3v) is 6.43. The van der Waals surface area contributed by atoms with Crippen LogP contribution in [0.2, 0.25) is 0 Å². The number of phosphoric ester groups is 1. The van der Waals surface area contributed by atoms with Crippen LogP contribution in [-0.2, 0) is 27.9 Å². The van der Waals surface area contributed by atoms with Gasteiger partial charge in [0, 0.05) is 5.75 Å². The molecule has 0 bridgehead atoms. The second-order valence-corrected chi connectivity index (χ2v) is 8.86. The van der Waals surface area contributed by atoms with E-state index in [-0.39, 0.29) is 42.5 Å². The van der Waals surface area contributed by atoms with Gasteiger partial charge in [0.1, 0.15) is 18.3 Å². The van der Waals surface area contributed by atoms with Crippen LogP contribution in [0.15, 0.2) is 9.95 Å². The first-order valence-corrected chi connectivity index (χ1v) is 11.1. The van der Waals surface area contributed by atoms with Gasteiger partial charge in [-0.25, -0.2) is 4.98 Å². The number of aromatic amines is 1. The normalized spacial score (nSPS) is 31.0. The summed E-state index contributed by atoms with van der Waals surface area (Å²) < 4.78 is 32.8. The maximum atomic E-state index is 12.3. The molecule has 0 radical (unpaired) electrons. The van der Waals surface area contributed by atoms with E-state index in [1.165, 1.54) is 11.7 Å². The van der Waals surface area contributed by atoms with Crippen molar-refractivity contribution in [3.8, 4) is 0 Å². The van der Waals surface area contributed by atoms with Crippen LogP contribution in [0.4, 0.5) is 5.95 Å². The minimum absolute atomic E-state index is 0. The molecule has 2 aromatic rings. The van der Waals surface area contributed by atoms with E-state index < -0.39 is 43.9 Å². The van der Waals surface area contributed by atoms with Crippen molar-refractivity contribution >= 4 is 42.7 Å². The van der Waals surface area contributed by atoms with Crippen LogP contribution in [0, 0.1) is 0 Å². The zero-order valence-corrected chi connectivity index (χ0v) is 17.1. The summed E-state index contributed by atoms with van der Waals surface area (Å²) in [5.74, 6) is -0.382. The molecular formula is C14H18N5O9PS. The monoisotopic (exact) mass is 463 g/mol. The largest absolute Gasteiger partial charge is 1.00 e. The van der Waals surface area contributed by atoms with E-state index in [2.05, 4.69) is 24.2 Å². The van der Waals surface area contributed by atoms with Crippen molar-refractivity contribution in [1.82, 2.24) is 19.5 Å². The predicted octanol–water partition coefficient (Wildman–Crippen LogP) is -1.39. The molecule has 2 aliphatic heterocycles. The molecule has 16 heteroatoms. The maximum Gasteiger partial charge on any atom is 1.00 e. The Labute approximate surface area is 173 Å². The number of hydrogen-bond donors (Lipinski definition) is 3. The highest BCUT2D eigenvalue weighted by Gasteiger charge is 2.51. The summed E-state index contributed by atoms with van der Waals surface area (Å²) in [7, 11) is -3.31. The predicted molar refractivity (Wildman–Crippen MR) is 99.4 cm³/mol. The first-order chi connectivity index (χ1) is 14.2. The Morgan fingerprint density at radius 2 is 2.33 bits per heavy atom. The lowest BCUT2D eigenvalue weighted by Crippen LogP contribution is -2.41. The number of carbonyl (C=O) groups is 1. The topological polar surface area (TPSA) is 204 Å². The molecule has 4 heterocycles. The summed E-state index contributed by atoms with van der Waals surface area (Å²) in [4.78, 5) is 45.9. The molecule has 4 rings (SSSR count). The molecule has 0 aliphatic carbocycles. The minimum Gasteiger partial charge on any atom is -0.756 e. The van der Waals surface area contributed by atoms with Crippen LogP contribution >= 0.6 is 19.6 Å². The Bertz CT molecular complexity index is 1100. The number of imidazole rings is 1. The van der Waals surface area contributed by atoms with Crippen LogP contribution in [0.25, 0.3) is 11.2 Å². The van der Waals surface area contributed by atoms with Crippen molar-refractivity contribution in [3.63, 3.8) is 0 Å². The van der Waals surface area contributed by atoms with Crippen LogP contribution in [-0.4, -0.2) is 68.4 Å². The SMILES string of the molecule is COC(=O)CCSc1nc2c(=O)[nH]c(N)nc2n1[C@@H]1OC2COP(=O)([O-])O[C@H]2C1O.[H+]. The van der Waals surface area contributed by atoms with Gasteiger partial charge in [-0.05, 0) is 0 Å². The van der Waals surface area contributed by atoms with Crippen LogP contribution < -0.4 is 16.2 Å². The number of ether oxygens (including phenoxy) is 2. The van der Waals surface area contributed by atoms with Gasteiger partial charge in [0.05, 0.1) is 20.1 Å². The van der Waals surface area contributed by atoms with E-state index >= 15 is 0 Å². The molecule has 2 aromatic heterocycles. The average Bonchev–Trinajstić information content (AvgIpc) is 3.18. The first kappa shape index (κ1) is 21.2. The fourth-order valence-corrected chi connectivity index (χ4v) is 5.07. The number of aliphatic hydroxyl groups is 1. The van der Waals surface area contributed by atoms with Crippen LogP contribution in [0.3, 0.4) is 0 Å². The number of phosphoric acid groups is 1. The summed E-state index contributed by atoms with van der Waals surface area (Å²) in [5, 5.41) is 10.9. The van der Waals surface area contributed by atoms with Gasteiger partial charge >= 0.3 is 7.40 Å². The first-order valence-electron chi connectivity index (χ1n) is 8.65. The molecule has 2 aliphatic rings. The van der Waals surface area contributed by atoms with Crippen molar-refractivity contribution in [3.05, 3.63) is 10.4 Å². The molecule has 0 saturated carbocycles. The lowest BCUT2D eigenvalue weighted by molar-refractivity contribution is -0.245. The van der Waals surface area contributed by atoms with E-state index in [0.29, 0.717) is 0 Å². The number of esters is 1. The summed E-state index contributed by atoms with van der Waals surface area (Å²) in [5.41, 5.74) is 4.98. The van der Waals surface area contributed by atoms with E-state index in [4.69, 9.17) is 15.0 Å². The number of H-pyrrole nitrogens is 1. The summed E-state index contributed by atoms with van der Waals surface area (Å²) in [6.45, 7) is -0.341. The quantitative estimate of drug-likeness (QED) is 0.266. The zero-order valence-electron chi connectivity index (χ0n) is 16.4. The Morgan fingerprint density at radius 1 is 1.57 bits per heavy atom. The Balaban J connectivity index is 0.00000272. The molecule has 0 aromatic carbocycles. The summed E-state index contributed by atoms with van der Waals surface area (Å²) >= 11 is 1.09. The number of aliphatic hydroxyl groups excluding tert-OH is 1. The van der Waals surface area contributed by atoms with E-state index in [9.17, 15) is 24.2 Å². The Morgan fingerprint density at radius 3 is 3.07 bits per heavy atom. The highest BCUT2D eigenvalue weighted by Crippen LogP contribution is 2.50. The number of nitrogens with zero attached hydrogens (tertiary/aromatic N) is 3. The van der Waals surface area contributed by atoms with Crippen molar-refractivity contribution in [2.45, 2.75) is 36.1 Å². The molecule has 14 nitrogen and oxygen atoms in total. The Kier molecular flexibility index (Phi) is 5.61. The summed E-state index contributed by atoms with van der Waals surface area (Å²) in [6.07, 6.45) is -4.67. The molecule has 30 heavy (non-hydrogen) atoms. The third kappa shape index (κ3) is 3.85. The summed E-state index contributed by atoms with van der Waals surface area (Å²) in [6, 6.07) is 0. The molecule has 0 amide bonds. The van der Waals surface area contributed by atoms with Gasteiger partial charge in [-0.15, -0.1) is 0 Å². The van der Waals surface area contributed by atoms with Crippen LogP contribution in [0.1, 0.15) is 14.1 Å². The van der Waals surface area contributed by atoms with Gasteiger partial charge in [-0.3, -0.25) is 23.7 Å². The van der Waals surface area contributed by atoms with Crippen LogP contribution in [0.5, 0.6) is 0 Å². The van der Waals surface area contributed by atoms with Gasteiger partial charge in [-0.1, -0.05) is 11.8 Å². The number of carbonyl (C=O) groups excluding carboxylic acids is 1. The fraction of sp³-hybridized carbons (Fsp3) is 0.571. The molecule has 2 fully saturated rings. The Hall–Kier alpha value is -2.00. The van der Waals surface area contributed by atoms with Gasteiger partial charge in [0.15, 0.2) is 22.5 Å². The smallest absolute Gasteiger partial charge is 0.756 e. The number of hydrogen-bond acceptors (Lipinski definition) is 13. The number of fused-ring (bicyclic) bond motifs is 2. The maximum absolute atomic E-state index is 12.3. The number of anilines is 1. The number of rotatable bonds is 5. The third-order valence-electron chi connectivity index (χ3n) is 4.51. The van der Waals surface area contributed by atoms with Crippen molar-refractivity contribution in [2.24, 2.45) is 0 Å². The second kappa shape index (κ2) is 7.92. The standard InChI is InChI=1S/C14H18N5O9PS/c1-25-6(20)2-3-30-14-16-7-10(17-13(15)18-11(7)22)19(14)12-8(21)9-5(27-12)4-26-29(23,24)28-9/h5,8-9,12,21H,2-4H2,1H3,(H,23,24)(H3,15,17,18,22)/t5?,8?,9-,12-/m1/s1. The molecule has 5 atom stereocenters. The highest BCUT2D eigenvalue weighted by molar-refractivity contribution is 7.99. The molecule has 3 unspecified atom stereocenters. The van der Waals surface area contributed by atoms with Gasteiger partial charge < -0.3 is 34.3 Å². The van der Waals surface area contributed by atoms with E-state index in [1.54, 1.807) is 0 Å². The van der Waals surface area contributed by atoms with Crippen molar-refractivity contribution in [2.75, 3.05) is 25.2 Å². The average molecular weight is 463 g/mol. The van der Waals surface area contributed by atoms with E-state index in [1.807, 2.05) is 0 Å². The van der Waals surface area contributed by atoms with Gasteiger partial charge in [0.2, 0.25) is 5.95 Å². The van der Waals surface area contributed by atoms with Crippen molar-refractivity contribution < 1.29 is 39.3 Å². The minimum atomic E-state index is -4.57. The fourth-order valence-electron chi connectivity index (χ4n) is 3.18. The zero-order chi connectivity index (χ0) is 21.6. The number of nitrogens with two attached hydrogens (primary N) is 1. The number of methoxy groups -OCH3 is 1. The lowest BCUT2D eigenvalue weighted by atomic mass is 10.1. The molecule has 2 saturated heterocycles. The molecular weight excluding hydrogens is 445 g/mol. The number of nitrogens with one attached hydrogen (secondary N) is 1. The molecule has 0 spiro atoms. The number of nitrogen functional groups attached to an aromatic ring is 1. The van der Waals surface area contributed by atoms with Gasteiger partial charge in [0.25, 0.3) is 13.4 Å². The molecule has 4 N–H and O–H groups in total. The van der Waals surface area contributed by atoms with Crippen molar-refractivity contribution in [1.29, 1.82) is 0 Å². The number of thioether (sulfide) groups is 1. The second-order valence-electron chi connectivity index (χ2n) is 6.43. The van der Waals surface area contributed by atoms with E-state index in [0.717, 1.165) is 11.8 Å².